The summed E-state index contributed by atoms with van der Waals surface area (Å²) in [7, 11) is 0. The summed E-state index contributed by atoms with van der Waals surface area (Å²) in [6.07, 6.45) is 8.47. The summed E-state index contributed by atoms with van der Waals surface area (Å²) >= 11 is 0. The average Bonchev–Trinajstić information content (AvgIpc) is 2.89. The Hall–Kier alpha value is -1.32. The fourth-order valence-corrected chi connectivity index (χ4v) is 2.40. The summed E-state index contributed by atoms with van der Waals surface area (Å²) in [6, 6.07) is 0. The fourth-order valence-electron chi connectivity index (χ4n) is 2.40. The molecule has 1 aromatic rings. The van der Waals surface area contributed by atoms with E-state index in [9.17, 15) is 0 Å². The Labute approximate surface area is 110 Å². The van der Waals surface area contributed by atoms with Gasteiger partial charge < -0.3 is 10.6 Å². The summed E-state index contributed by atoms with van der Waals surface area (Å²) in [5, 5.41) is 6.71. The second-order valence-electron chi connectivity index (χ2n) is 5.18. The number of hydrogen-bond acceptors (Lipinski definition) is 4. The molecule has 0 spiro atoms. The van der Waals surface area contributed by atoms with Crippen LogP contribution in [0.15, 0.2) is 6.20 Å². The molecule has 0 radical (unpaired) electrons. The highest BCUT2D eigenvalue weighted by molar-refractivity contribution is 5.46. The zero-order valence-electron chi connectivity index (χ0n) is 11.5. The minimum absolute atomic E-state index is 0.733. The van der Waals surface area contributed by atoms with Gasteiger partial charge in [0.15, 0.2) is 0 Å². The summed E-state index contributed by atoms with van der Waals surface area (Å²) in [5.74, 6) is 2.54. The first-order valence-electron chi connectivity index (χ1n) is 7.11. The van der Waals surface area contributed by atoms with E-state index < -0.39 is 0 Å². The Morgan fingerprint density at radius 1 is 1.28 bits per heavy atom. The van der Waals surface area contributed by atoms with E-state index in [1.807, 2.05) is 6.20 Å². The third-order valence-corrected chi connectivity index (χ3v) is 3.54. The molecule has 1 heterocycles. The standard InChI is InChI=1S/C14H24N4/c1-3-8-15-14-17-9-11(2)13(18-14)16-10-12-6-4-5-7-12/h9,12H,3-8,10H2,1-2H3,(H2,15,16,17,18). The van der Waals surface area contributed by atoms with Crippen LogP contribution in [-0.4, -0.2) is 23.1 Å². The molecule has 0 atom stereocenters. The van der Waals surface area contributed by atoms with Gasteiger partial charge in [-0.25, -0.2) is 4.98 Å². The van der Waals surface area contributed by atoms with Crippen LogP contribution in [-0.2, 0) is 0 Å². The number of aromatic nitrogens is 2. The first-order chi connectivity index (χ1) is 8.79. The Bertz CT molecular complexity index is 372. The van der Waals surface area contributed by atoms with E-state index >= 15 is 0 Å². The molecule has 1 fully saturated rings. The predicted octanol–water partition coefficient (Wildman–Crippen LogP) is 3.21. The lowest BCUT2D eigenvalue weighted by atomic mass is 10.1. The smallest absolute Gasteiger partial charge is 0.224 e. The van der Waals surface area contributed by atoms with Gasteiger partial charge in [0, 0.05) is 24.8 Å². The minimum atomic E-state index is 0.733. The third-order valence-electron chi connectivity index (χ3n) is 3.54. The van der Waals surface area contributed by atoms with Crippen molar-refractivity contribution in [3.05, 3.63) is 11.8 Å². The molecular formula is C14H24N4. The topological polar surface area (TPSA) is 49.8 Å². The second kappa shape index (κ2) is 6.57. The van der Waals surface area contributed by atoms with Crippen molar-refractivity contribution >= 4 is 11.8 Å². The lowest BCUT2D eigenvalue weighted by molar-refractivity contribution is 0.578. The van der Waals surface area contributed by atoms with Crippen LogP contribution in [0.2, 0.25) is 0 Å². The molecule has 0 aromatic carbocycles. The zero-order valence-corrected chi connectivity index (χ0v) is 11.5. The fraction of sp³-hybridized carbons (Fsp3) is 0.714. The highest BCUT2D eigenvalue weighted by Gasteiger charge is 2.15. The van der Waals surface area contributed by atoms with Crippen LogP contribution >= 0.6 is 0 Å². The molecule has 1 aromatic heterocycles. The van der Waals surface area contributed by atoms with Crippen molar-refractivity contribution in [3.8, 4) is 0 Å². The molecule has 100 valence electrons. The number of hydrogen-bond donors (Lipinski definition) is 2. The number of nitrogens with one attached hydrogen (secondary N) is 2. The maximum absolute atomic E-state index is 4.54. The number of nitrogens with zero attached hydrogens (tertiary/aromatic N) is 2. The van der Waals surface area contributed by atoms with Crippen LogP contribution in [0.4, 0.5) is 11.8 Å². The molecule has 0 amide bonds. The molecule has 0 unspecified atom stereocenters. The average molecular weight is 248 g/mol. The maximum atomic E-state index is 4.54. The van der Waals surface area contributed by atoms with Gasteiger partial charge in [0.05, 0.1) is 0 Å². The summed E-state index contributed by atoms with van der Waals surface area (Å²) in [5.41, 5.74) is 1.12. The molecule has 0 saturated heterocycles. The second-order valence-corrected chi connectivity index (χ2v) is 5.18. The van der Waals surface area contributed by atoms with Crippen molar-refractivity contribution in [2.45, 2.75) is 46.0 Å². The highest BCUT2D eigenvalue weighted by Crippen LogP contribution is 2.25. The van der Waals surface area contributed by atoms with Crippen molar-refractivity contribution in [1.82, 2.24) is 9.97 Å². The first kappa shape index (κ1) is 13.1. The lowest BCUT2D eigenvalue weighted by Crippen LogP contribution is -2.14. The van der Waals surface area contributed by atoms with Crippen LogP contribution in [0.3, 0.4) is 0 Å². The third kappa shape index (κ3) is 3.59. The van der Waals surface area contributed by atoms with Gasteiger partial charge in [0.25, 0.3) is 0 Å². The number of aryl methyl sites for hydroxylation is 1. The van der Waals surface area contributed by atoms with E-state index in [1.54, 1.807) is 0 Å². The van der Waals surface area contributed by atoms with Gasteiger partial charge in [0.1, 0.15) is 5.82 Å². The Morgan fingerprint density at radius 3 is 2.78 bits per heavy atom. The van der Waals surface area contributed by atoms with Gasteiger partial charge in [-0.2, -0.15) is 4.98 Å². The lowest BCUT2D eigenvalue weighted by Gasteiger charge is -2.13. The van der Waals surface area contributed by atoms with Crippen LogP contribution in [0.1, 0.15) is 44.6 Å². The quantitative estimate of drug-likeness (QED) is 0.811. The van der Waals surface area contributed by atoms with Crippen LogP contribution in [0, 0.1) is 12.8 Å². The number of rotatable bonds is 6. The van der Waals surface area contributed by atoms with E-state index in [0.717, 1.165) is 42.8 Å². The van der Waals surface area contributed by atoms with Crippen molar-refractivity contribution in [2.24, 2.45) is 5.92 Å². The van der Waals surface area contributed by atoms with Gasteiger partial charge in [-0.1, -0.05) is 19.8 Å². The molecule has 2 N–H and O–H groups in total. The molecule has 1 aliphatic rings. The van der Waals surface area contributed by atoms with E-state index in [-0.39, 0.29) is 0 Å². The van der Waals surface area contributed by atoms with E-state index in [1.165, 1.54) is 25.7 Å². The van der Waals surface area contributed by atoms with Gasteiger partial charge in [-0.15, -0.1) is 0 Å². The van der Waals surface area contributed by atoms with Crippen molar-refractivity contribution in [3.63, 3.8) is 0 Å². The van der Waals surface area contributed by atoms with Crippen molar-refractivity contribution in [1.29, 1.82) is 0 Å². The summed E-state index contributed by atoms with van der Waals surface area (Å²) < 4.78 is 0. The Balaban J connectivity index is 1.92. The van der Waals surface area contributed by atoms with Gasteiger partial charge >= 0.3 is 0 Å². The molecule has 4 heteroatoms. The Morgan fingerprint density at radius 2 is 2.06 bits per heavy atom. The SMILES string of the molecule is CCCNc1ncc(C)c(NCC2CCCC2)n1. The first-order valence-corrected chi connectivity index (χ1v) is 7.11. The highest BCUT2D eigenvalue weighted by atomic mass is 15.1. The van der Waals surface area contributed by atoms with E-state index in [0.29, 0.717) is 0 Å². The Kier molecular flexibility index (Phi) is 4.79. The molecule has 0 aliphatic heterocycles. The predicted molar refractivity (Wildman–Crippen MR) is 76.0 cm³/mol. The summed E-state index contributed by atoms with van der Waals surface area (Å²) in [6.45, 7) is 6.16. The van der Waals surface area contributed by atoms with E-state index in [4.69, 9.17) is 0 Å². The van der Waals surface area contributed by atoms with Crippen LogP contribution in [0.5, 0.6) is 0 Å². The molecule has 18 heavy (non-hydrogen) atoms. The molecule has 0 bridgehead atoms. The van der Waals surface area contributed by atoms with E-state index in [2.05, 4.69) is 34.4 Å². The van der Waals surface area contributed by atoms with Gasteiger partial charge in [-0.3, -0.25) is 0 Å². The van der Waals surface area contributed by atoms with Crippen molar-refractivity contribution in [2.75, 3.05) is 23.7 Å². The monoisotopic (exact) mass is 248 g/mol. The molecule has 2 rings (SSSR count). The van der Waals surface area contributed by atoms with Gasteiger partial charge in [0.2, 0.25) is 5.95 Å². The normalized spacial score (nSPS) is 15.9. The maximum Gasteiger partial charge on any atom is 0.224 e. The number of anilines is 2. The van der Waals surface area contributed by atoms with Crippen LogP contribution < -0.4 is 10.6 Å². The molecular weight excluding hydrogens is 224 g/mol. The molecule has 1 aliphatic carbocycles. The van der Waals surface area contributed by atoms with Crippen molar-refractivity contribution < 1.29 is 0 Å². The molecule has 1 saturated carbocycles. The minimum Gasteiger partial charge on any atom is -0.369 e. The summed E-state index contributed by atoms with van der Waals surface area (Å²) in [4.78, 5) is 8.83. The van der Waals surface area contributed by atoms with Gasteiger partial charge in [-0.05, 0) is 32.1 Å². The largest absolute Gasteiger partial charge is 0.369 e. The molecule has 4 nitrogen and oxygen atoms in total. The van der Waals surface area contributed by atoms with Crippen LogP contribution in [0.25, 0.3) is 0 Å². The zero-order chi connectivity index (χ0) is 12.8.